The van der Waals surface area contributed by atoms with Gasteiger partial charge in [-0.15, -0.1) is 0 Å². The van der Waals surface area contributed by atoms with E-state index in [1.54, 1.807) is 0 Å². The van der Waals surface area contributed by atoms with Crippen LogP contribution in [0.3, 0.4) is 0 Å². The second-order valence-corrected chi connectivity index (χ2v) is 4.69. The minimum Gasteiger partial charge on any atom is -0.353 e. The number of amides is 1. The van der Waals surface area contributed by atoms with Gasteiger partial charge in [-0.05, 0) is 12.8 Å². The molecular weight excluding hydrogens is 188 g/mol. The maximum absolute atomic E-state index is 11.6. The molecule has 1 fully saturated rings. The van der Waals surface area contributed by atoms with Crippen molar-refractivity contribution >= 4 is 5.91 Å². The highest BCUT2D eigenvalue weighted by molar-refractivity contribution is 5.78. The van der Waals surface area contributed by atoms with Crippen LogP contribution in [0.15, 0.2) is 0 Å². The summed E-state index contributed by atoms with van der Waals surface area (Å²) in [4.78, 5) is 11.6. The molecule has 0 radical (unpaired) electrons. The predicted molar refractivity (Wildman–Crippen MR) is 62.5 cm³/mol. The Balaban J connectivity index is 2.31. The normalized spacial score (nSPS) is 21.5. The van der Waals surface area contributed by atoms with Crippen molar-refractivity contribution in [2.75, 3.05) is 6.54 Å². The van der Waals surface area contributed by atoms with Gasteiger partial charge in [0.1, 0.15) is 0 Å². The molecule has 1 unspecified atom stereocenters. The molecule has 3 nitrogen and oxygen atoms in total. The van der Waals surface area contributed by atoms with Gasteiger partial charge in [0.05, 0.1) is 0 Å². The van der Waals surface area contributed by atoms with Crippen LogP contribution in [0.4, 0.5) is 0 Å². The molecule has 1 saturated carbocycles. The van der Waals surface area contributed by atoms with Crippen LogP contribution in [0, 0.1) is 5.92 Å². The molecule has 0 aromatic heterocycles. The summed E-state index contributed by atoms with van der Waals surface area (Å²) in [6, 6.07) is 0.395. The molecule has 0 bridgehead atoms. The summed E-state index contributed by atoms with van der Waals surface area (Å²) in [7, 11) is 0. The number of carbonyl (C=O) groups is 1. The smallest absolute Gasteiger partial charge is 0.224 e. The maximum atomic E-state index is 11.6. The van der Waals surface area contributed by atoms with Gasteiger partial charge in [0.15, 0.2) is 0 Å². The third-order valence-electron chi connectivity index (χ3n) is 3.25. The molecule has 1 aliphatic carbocycles. The first-order valence-electron chi connectivity index (χ1n) is 6.24. The van der Waals surface area contributed by atoms with Gasteiger partial charge in [-0.3, -0.25) is 4.79 Å². The van der Waals surface area contributed by atoms with Crippen LogP contribution in [-0.2, 0) is 4.79 Å². The van der Waals surface area contributed by atoms with Crippen molar-refractivity contribution in [1.29, 1.82) is 0 Å². The van der Waals surface area contributed by atoms with E-state index in [1.165, 1.54) is 32.1 Å². The molecule has 0 spiro atoms. The molecular formula is C12H24N2O. The lowest BCUT2D eigenvalue weighted by Crippen LogP contribution is -2.40. The summed E-state index contributed by atoms with van der Waals surface area (Å²) in [5.41, 5.74) is 5.47. The lowest BCUT2D eigenvalue weighted by molar-refractivity contribution is -0.125. The molecule has 1 amide bonds. The van der Waals surface area contributed by atoms with Gasteiger partial charge in [0.25, 0.3) is 0 Å². The second-order valence-electron chi connectivity index (χ2n) is 4.69. The lowest BCUT2D eigenvalue weighted by Gasteiger charge is -2.22. The number of nitrogens with one attached hydrogen (secondary N) is 1. The third-order valence-corrected chi connectivity index (χ3v) is 3.25. The van der Waals surface area contributed by atoms with Crippen LogP contribution in [0.5, 0.6) is 0 Å². The molecule has 88 valence electrons. The molecule has 0 aromatic rings. The van der Waals surface area contributed by atoms with E-state index in [-0.39, 0.29) is 11.8 Å². The van der Waals surface area contributed by atoms with Crippen molar-refractivity contribution in [3.63, 3.8) is 0 Å². The summed E-state index contributed by atoms with van der Waals surface area (Å²) < 4.78 is 0. The van der Waals surface area contributed by atoms with Crippen molar-refractivity contribution in [2.45, 2.75) is 57.9 Å². The Hall–Kier alpha value is -0.570. The SMILES string of the molecule is CC(CN)C(=O)NC1CCCCCCC1. The Kier molecular flexibility index (Phi) is 5.69. The van der Waals surface area contributed by atoms with E-state index in [0.717, 1.165) is 12.8 Å². The standard InChI is InChI=1S/C12H24N2O/c1-10(9-13)12(15)14-11-7-5-3-2-4-6-8-11/h10-11H,2-9,13H2,1H3,(H,14,15). The fourth-order valence-corrected chi connectivity index (χ4v) is 2.05. The van der Waals surface area contributed by atoms with Gasteiger partial charge < -0.3 is 11.1 Å². The zero-order valence-electron chi connectivity index (χ0n) is 9.80. The monoisotopic (exact) mass is 212 g/mol. The van der Waals surface area contributed by atoms with E-state index in [4.69, 9.17) is 5.73 Å². The lowest BCUT2D eigenvalue weighted by atomic mass is 9.96. The Morgan fingerprint density at radius 1 is 1.27 bits per heavy atom. The van der Waals surface area contributed by atoms with E-state index >= 15 is 0 Å². The first kappa shape index (κ1) is 12.5. The number of carbonyl (C=O) groups excluding carboxylic acids is 1. The number of hydrogen-bond acceptors (Lipinski definition) is 2. The second kappa shape index (κ2) is 6.83. The predicted octanol–water partition coefficient (Wildman–Crippen LogP) is 1.81. The molecule has 3 N–H and O–H groups in total. The number of nitrogens with two attached hydrogens (primary N) is 1. The molecule has 3 heteroatoms. The third kappa shape index (κ3) is 4.65. The first-order chi connectivity index (χ1) is 7.24. The van der Waals surface area contributed by atoms with Gasteiger partial charge in [-0.2, -0.15) is 0 Å². The quantitative estimate of drug-likeness (QED) is 0.749. The van der Waals surface area contributed by atoms with Crippen molar-refractivity contribution in [3.05, 3.63) is 0 Å². The fraction of sp³-hybridized carbons (Fsp3) is 0.917. The summed E-state index contributed by atoms with van der Waals surface area (Å²) in [6.45, 7) is 2.33. The van der Waals surface area contributed by atoms with Crippen molar-refractivity contribution in [3.8, 4) is 0 Å². The summed E-state index contributed by atoms with van der Waals surface area (Å²) in [5, 5.41) is 3.12. The van der Waals surface area contributed by atoms with Crippen LogP contribution >= 0.6 is 0 Å². The van der Waals surface area contributed by atoms with Gasteiger partial charge in [-0.1, -0.05) is 39.0 Å². The van der Waals surface area contributed by atoms with Crippen LogP contribution in [0.1, 0.15) is 51.9 Å². The van der Waals surface area contributed by atoms with E-state index in [1.807, 2.05) is 6.92 Å². The van der Waals surface area contributed by atoms with Crippen molar-refractivity contribution < 1.29 is 4.79 Å². The first-order valence-corrected chi connectivity index (χ1v) is 6.24. The molecule has 0 aliphatic heterocycles. The van der Waals surface area contributed by atoms with Gasteiger partial charge in [0.2, 0.25) is 5.91 Å². The van der Waals surface area contributed by atoms with Crippen molar-refractivity contribution in [2.24, 2.45) is 11.7 Å². The highest BCUT2D eigenvalue weighted by atomic mass is 16.1. The van der Waals surface area contributed by atoms with E-state index in [9.17, 15) is 4.79 Å². The van der Waals surface area contributed by atoms with Crippen LogP contribution in [0.25, 0.3) is 0 Å². The van der Waals surface area contributed by atoms with Gasteiger partial charge in [-0.25, -0.2) is 0 Å². The molecule has 1 aliphatic rings. The fourth-order valence-electron chi connectivity index (χ4n) is 2.05. The zero-order valence-corrected chi connectivity index (χ0v) is 9.80. The van der Waals surface area contributed by atoms with Crippen LogP contribution in [0.2, 0.25) is 0 Å². The molecule has 1 atom stereocenters. The van der Waals surface area contributed by atoms with Gasteiger partial charge >= 0.3 is 0 Å². The Labute approximate surface area is 92.8 Å². The summed E-state index contributed by atoms with van der Waals surface area (Å²) >= 11 is 0. The average Bonchev–Trinajstić information content (AvgIpc) is 2.20. The summed E-state index contributed by atoms with van der Waals surface area (Å²) in [6.07, 6.45) is 8.79. The zero-order chi connectivity index (χ0) is 11.1. The van der Waals surface area contributed by atoms with E-state index in [0.29, 0.717) is 12.6 Å². The molecule has 15 heavy (non-hydrogen) atoms. The average molecular weight is 212 g/mol. The van der Waals surface area contributed by atoms with Crippen LogP contribution < -0.4 is 11.1 Å². The number of rotatable bonds is 3. The highest BCUT2D eigenvalue weighted by Gasteiger charge is 2.17. The Morgan fingerprint density at radius 3 is 2.33 bits per heavy atom. The maximum Gasteiger partial charge on any atom is 0.224 e. The number of hydrogen-bond donors (Lipinski definition) is 2. The minimum atomic E-state index is -0.0459. The minimum absolute atomic E-state index is 0.0459. The Morgan fingerprint density at radius 2 is 1.80 bits per heavy atom. The van der Waals surface area contributed by atoms with Crippen molar-refractivity contribution in [1.82, 2.24) is 5.32 Å². The highest BCUT2D eigenvalue weighted by Crippen LogP contribution is 2.17. The molecule has 0 aromatic carbocycles. The van der Waals surface area contributed by atoms with E-state index < -0.39 is 0 Å². The van der Waals surface area contributed by atoms with Gasteiger partial charge in [0, 0.05) is 18.5 Å². The molecule has 0 saturated heterocycles. The topological polar surface area (TPSA) is 55.1 Å². The Bertz CT molecular complexity index is 186. The molecule has 0 heterocycles. The molecule has 1 rings (SSSR count). The van der Waals surface area contributed by atoms with E-state index in [2.05, 4.69) is 5.32 Å². The largest absolute Gasteiger partial charge is 0.353 e. The summed E-state index contributed by atoms with van der Waals surface area (Å²) in [5.74, 6) is 0.0820. The van der Waals surface area contributed by atoms with Crippen LogP contribution in [-0.4, -0.2) is 18.5 Å².